The van der Waals surface area contributed by atoms with E-state index in [1.807, 2.05) is 24.3 Å². The molecule has 7 rings (SSSR count). The summed E-state index contributed by atoms with van der Waals surface area (Å²) >= 11 is 0. The van der Waals surface area contributed by atoms with Crippen molar-refractivity contribution in [2.24, 2.45) is 11.8 Å². The Morgan fingerprint density at radius 2 is 1.29 bits per heavy atom. The van der Waals surface area contributed by atoms with Gasteiger partial charge in [0.05, 0.1) is 24.6 Å². The lowest BCUT2D eigenvalue weighted by Gasteiger charge is -2.45. The van der Waals surface area contributed by atoms with E-state index >= 15 is 0 Å². The molecule has 1 saturated heterocycles. The molecule has 0 spiro atoms. The van der Waals surface area contributed by atoms with Crippen LogP contribution < -0.4 is 10.1 Å². The number of imide groups is 1. The SMILES string of the molecule is COc1ccccc1NC(=O)COC(=O)CCCCCN1C(=O)[C@@H]2C3c4ccccc4C(c4ccccc43)[C@@H]2C1=O. The molecule has 8 nitrogen and oxygen atoms in total. The summed E-state index contributed by atoms with van der Waals surface area (Å²) in [5.74, 6) is -1.51. The van der Waals surface area contributed by atoms with Crippen molar-refractivity contribution < 1.29 is 28.7 Å². The number of nitrogens with one attached hydrogen (secondary N) is 1. The second-order valence-electron chi connectivity index (χ2n) is 10.8. The van der Waals surface area contributed by atoms with Crippen LogP contribution in [0, 0.1) is 11.8 Å². The lowest BCUT2D eigenvalue weighted by Crippen LogP contribution is -2.41. The van der Waals surface area contributed by atoms with Crippen LogP contribution in [0.1, 0.15) is 59.8 Å². The number of carbonyl (C=O) groups excluding carboxylic acids is 4. The molecule has 41 heavy (non-hydrogen) atoms. The number of unbranched alkanes of at least 4 members (excludes halogenated alkanes) is 2. The van der Waals surface area contributed by atoms with Crippen LogP contribution in [0.3, 0.4) is 0 Å². The number of anilines is 1. The number of para-hydroxylation sites is 2. The molecule has 0 saturated carbocycles. The molecule has 3 amide bonds. The molecule has 1 heterocycles. The summed E-state index contributed by atoms with van der Waals surface area (Å²) in [6.07, 6.45) is 1.96. The zero-order valence-electron chi connectivity index (χ0n) is 22.9. The van der Waals surface area contributed by atoms with E-state index in [1.54, 1.807) is 24.3 Å². The zero-order valence-corrected chi connectivity index (χ0v) is 22.9. The third-order valence-electron chi connectivity index (χ3n) is 8.55. The summed E-state index contributed by atoms with van der Waals surface area (Å²) in [6.45, 7) is -0.0449. The molecule has 2 atom stereocenters. The van der Waals surface area contributed by atoms with Gasteiger partial charge in [0.2, 0.25) is 11.8 Å². The fraction of sp³-hybridized carbons (Fsp3) is 0.333. The van der Waals surface area contributed by atoms with Gasteiger partial charge in [-0.1, -0.05) is 67.1 Å². The molecule has 8 heteroatoms. The smallest absolute Gasteiger partial charge is 0.306 e. The quantitative estimate of drug-likeness (QED) is 0.224. The minimum absolute atomic E-state index is 0.0838. The number of hydrogen-bond acceptors (Lipinski definition) is 6. The number of rotatable bonds is 10. The van der Waals surface area contributed by atoms with Gasteiger partial charge in [-0.15, -0.1) is 0 Å². The predicted molar refractivity (Wildman–Crippen MR) is 151 cm³/mol. The first-order valence-corrected chi connectivity index (χ1v) is 14.1. The number of carbonyl (C=O) groups is 4. The van der Waals surface area contributed by atoms with Crippen molar-refractivity contribution in [2.75, 3.05) is 25.6 Å². The number of likely N-dealkylation sites (tertiary alicyclic amines) is 1. The Morgan fingerprint density at radius 1 is 0.756 bits per heavy atom. The number of hydrogen-bond donors (Lipinski definition) is 1. The molecular weight excluding hydrogens is 520 g/mol. The molecule has 1 fully saturated rings. The molecular formula is C33H32N2O6. The van der Waals surface area contributed by atoms with E-state index in [4.69, 9.17) is 9.47 Å². The molecule has 0 unspecified atom stereocenters. The molecule has 1 N–H and O–H groups in total. The van der Waals surface area contributed by atoms with Crippen molar-refractivity contribution in [3.05, 3.63) is 95.1 Å². The van der Waals surface area contributed by atoms with E-state index in [9.17, 15) is 19.2 Å². The Bertz CT molecular complexity index is 1400. The summed E-state index contributed by atoms with van der Waals surface area (Å²) < 4.78 is 10.3. The number of methoxy groups -OCH3 is 1. The van der Waals surface area contributed by atoms with E-state index in [0.29, 0.717) is 37.2 Å². The lowest BCUT2D eigenvalue weighted by molar-refractivity contribution is -0.147. The number of amides is 3. The lowest BCUT2D eigenvalue weighted by atomic mass is 9.55. The fourth-order valence-electron chi connectivity index (χ4n) is 6.83. The number of esters is 1. The zero-order chi connectivity index (χ0) is 28.5. The van der Waals surface area contributed by atoms with Crippen molar-refractivity contribution in [1.82, 2.24) is 4.90 Å². The third kappa shape index (κ3) is 4.77. The van der Waals surface area contributed by atoms with E-state index in [-0.39, 0.29) is 48.5 Å². The first-order chi connectivity index (χ1) is 20.0. The van der Waals surface area contributed by atoms with Gasteiger partial charge in [0.1, 0.15) is 5.75 Å². The van der Waals surface area contributed by atoms with Crippen LogP contribution in [0.2, 0.25) is 0 Å². The van der Waals surface area contributed by atoms with Gasteiger partial charge in [0.25, 0.3) is 5.91 Å². The van der Waals surface area contributed by atoms with E-state index in [0.717, 1.165) is 22.3 Å². The highest BCUT2D eigenvalue weighted by atomic mass is 16.5. The van der Waals surface area contributed by atoms with E-state index in [1.165, 1.54) is 12.0 Å². The summed E-state index contributed by atoms with van der Waals surface area (Å²) in [7, 11) is 1.51. The predicted octanol–water partition coefficient (Wildman–Crippen LogP) is 4.63. The monoisotopic (exact) mass is 552 g/mol. The molecule has 210 valence electrons. The maximum absolute atomic E-state index is 13.6. The Labute approximate surface area is 238 Å². The second-order valence-corrected chi connectivity index (χ2v) is 10.8. The molecule has 0 aromatic heterocycles. The molecule has 2 bridgehead atoms. The first kappa shape index (κ1) is 26.7. The van der Waals surface area contributed by atoms with Crippen molar-refractivity contribution in [1.29, 1.82) is 0 Å². The number of benzene rings is 3. The second kappa shape index (κ2) is 11.2. The van der Waals surface area contributed by atoms with Crippen LogP contribution >= 0.6 is 0 Å². The van der Waals surface area contributed by atoms with Crippen LogP contribution in [0.5, 0.6) is 5.75 Å². The van der Waals surface area contributed by atoms with Gasteiger partial charge in [-0.05, 0) is 47.2 Å². The Hall–Kier alpha value is -4.46. The fourth-order valence-corrected chi connectivity index (χ4v) is 6.83. The average Bonchev–Trinajstić information content (AvgIpc) is 3.25. The molecule has 3 aliphatic carbocycles. The van der Waals surface area contributed by atoms with Gasteiger partial charge in [-0.3, -0.25) is 24.1 Å². The maximum atomic E-state index is 13.6. The summed E-state index contributed by atoms with van der Waals surface area (Å²) in [5.41, 5.74) is 5.15. The van der Waals surface area contributed by atoms with Gasteiger partial charge >= 0.3 is 5.97 Å². The van der Waals surface area contributed by atoms with Crippen LogP contribution in [-0.2, 0) is 23.9 Å². The normalized spacial score (nSPS) is 21.6. The molecule has 0 radical (unpaired) electrons. The van der Waals surface area contributed by atoms with Crippen LogP contribution in [0.25, 0.3) is 0 Å². The largest absolute Gasteiger partial charge is 0.495 e. The first-order valence-electron chi connectivity index (χ1n) is 14.1. The van der Waals surface area contributed by atoms with Crippen LogP contribution in [-0.4, -0.2) is 48.9 Å². The van der Waals surface area contributed by atoms with Crippen molar-refractivity contribution >= 4 is 29.4 Å². The number of nitrogens with zero attached hydrogens (tertiary/aromatic N) is 1. The average molecular weight is 553 g/mol. The van der Waals surface area contributed by atoms with Gasteiger partial charge in [0, 0.05) is 24.8 Å². The minimum Gasteiger partial charge on any atom is -0.495 e. The Kier molecular flexibility index (Phi) is 7.30. The highest BCUT2D eigenvalue weighted by Gasteiger charge is 2.61. The Morgan fingerprint density at radius 3 is 1.85 bits per heavy atom. The number of ether oxygens (including phenoxy) is 2. The van der Waals surface area contributed by atoms with Gasteiger partial charge in [0.15, 0.2) is 6.61 Å². The Balaban J connectivity index is 0.997. The van der Waals surface area contributed by atoms with Crippen molar-refractivity contribution in [3.63, 3.8) is 0 Å². The maximum Gasteiger partial charge on any atom is 0.306 e. The van der Waals surface area contributed by atoms with Gasteiger partial charge in [-0.2, -0.15) is 0 Å². The highest BCUT2D eigenvalue weighted by Crippen LogP contribution is 2.60. The summed E-state index contributed by atoms with van der Waals surface area (Å²) in [6, 6.07) is 23.4. The van der Waals surface area contributed by atoms with Gasteiger partial charge < -0.3 is 14.8 Å². The molecule has 3 aromatic rings. The standard InChI is InChI=1S/C33H32N2O6/c1-40-25-16-9-8-15-24(25)34-26(36)19-41-27(37)17-3-2-10-18-35-32(38)30-28-20-11-4-5-12-21(20)29(31(30)33(35)39)23-14-7-6-13-22(23)28/h4-9,11-16,28-31H,2-3,10,17-19H2,1H3,(H,34,36)/t28?,29?,30-,31+. The topological polar surface area (TPSA) is 102 Å². The van der Waals surface area contributed by atoms with Crippen molar-refractivity contribution in [2.45, 2.75) is 37.5 Å². The minimum atomic E-state index is -0.466. The molecule has 3 aromatic carbocycles. The van der Waals surface area contributed by atoms with Crippen LogP contribution in [0.15, 0.2) is 72.8 Å². The van der Waals surface area contributed by atoms with E-state index in [2.05, 4.69) is 29.6 Å². The van der Waals surface area contributed by atoms with Gasteiger partial charge in [-0.25, -0.2) is 0 Å². The van der Waals surface area contributed by atoms with Crippen molar-refractivity contribution in [3.8, 4) is 5.75 Å². The molecule has 1 aliphatic heterocycles. The van der Waals surface area contributed by atoms with Crippen LogP contribution in [0.4, 0.5) is 5.69 Å². The molecule has 4 aliphatic rings. The third-order valence-corrected chi connectivity index (χ3v) is 8.55. The summed E-state index contributed by atoms with van der Waals surface area (Å²) in [5, 5.41) is 2.67. The summed E-state index contributed by atoms with van der Waals surface area (Å²) in [4.78, 5) is 53.1. The highest BCUT2D eigenvalue weighted by molar-refractivity contribution is 6.07. The van der Waals surface area contributed by atoms with E-state index < -0.39 is 11.9 Å².